The zero-order valence-electron chi connectivity index (χ0n) is 12.2. The van der Waals surface area contributed by atoms with Gasteiger partial charge in [0.05, 0.1) is 6.10 Å². The van der Waals surface area contributed by atoms with E-state index in [1.807, 2.05) is 6.08 Å². The van der Waals surface area contributed by atoms with Gasteiger partial charge in [0.25, 0.3) is 0 Å². The summed E-state index contributed by atoms with van der Waals surface area (Å²) in [6, 6.07) is 0.457. The Morgan fingerprint density at radius 2 is 1.65 bits per heavy atom. The van der Waals surface area contributed by atoms with Gasteiger partial charge in [-0.15, -0.1) is 6.58 Å². The van der Waals surface area contributed by atoms with Crippen molar-refractivity contribution in [3.05, 3.63) is 12.7 Å². The second-order valence-corrected chi connectivity index (χ2v) is 5.99. The van der Waals surface area contributed by atoms with E-state index < -0.39 is 0 Å². The van der Waals surface area contributed by atoms with Crippen LogP contribution in [0.25, 0.3) is 0 Å². The summed E-state index contributed by atoms with van der Waals surface area (Å²) in [7, 11) is 0. The molecule has 2 amide bonds. The summed E-state index contributed by atoms with van der Waals surface area (Å²) in [5, 5.41) is 15.6. The predicted molar refractivity (Wildman–Crippen MR) is 79.6 cm³/mol. The van der Waals surface area contributed by atoms with Crippen molar-refractivity contribution >= 4 is 6.03 Å². The topological polar surface area (TPSA) is 64.6 Å². The van der Waals surface area contributed by atoms with Gasteiger partial charge in [0.15, 0.2) is 0 Å². The molecule has 1 saturated carbocycles. The van der Waals surface area contributed by atoms with Crippen LogP contribution in [0.5, 0.6) is 0 Å². The highest BCUT2D eigenvalue weighted by Crippen LogP contribution is 2.18. The molecule has 0 atom stereocenters. The molecular formula is C15H27N3O2. The number of nitrogens with one attached hydrogen (secondary N) is 2. The number of rotatable bonds is 4. The number of nitrogens with zero attached hydrogens (tertiary/aromatic N) is 1. The van der Waals surface area contributed by atoms with E-state index in [9.17, 15) is 9.90 Å². The van der Waals surface area contributed by atoms with Crippen LogP contribution in [0.1, 0.15) is 38.5 Å². The second-order valence-electron chi connectivity index (χ2n) is 5.99. The molecule has 2 rings (SSSR count). The van der Waals surface area contributed by atoms with E-state index in [4.69, 9.17) is 0 Å². The number of carbonyl (C=O) groups is 1. The number of carbonyl (C=O) groups excluding carboxylic acids is 1. The van der Waals surface area contributed by atoms with Gasteiger partial charge in [0.1, 0.15) is 0 Å². The number of piperidine rings is 1. The fraction of sp³-hybridized carbons (Fsp3) is 0.800. The van der Waals surface area contributed by atoms with Crippen molar-refractivity contribution < 1.29 is 9.90 Å². The van der Waals surface area contributed by atoms with Gasteiger partial charge in [-0.05, 0) is 38.5 Å². The van der Waals surface area contributed by atoms with Crippen molar-refractivity contribution in [2.45, 2.75) is 56.7 Å². The van der Waals surface area contributed by atoms with Gasteiger partial charge < -0.3 is 15.7 Å². The number of urea groups is 1. The number of aliphatic hydroxyl groups excluding tert-OH is 1. The van der Waals surface area contributed by atoms with E-state index in [1.54, 1.807) is 0 Å². The van der Waals surface area contributed by atoms with Gasteiger partial charge in [0, 0.05) is 31.7 Å². The van der Waals surface area contributed by atoms with Gasteiger partial charge in [-0.2, -0.15) is 0 Å². The Morgan fingerprint density at radius 1 is 1.10 bits per heavy atom. The van der Waals surface area contributed by atoms with Crippen molar-refractivity contribution in [3.63, 3.8) is 0 Å². The molecule has 0 unspecified atom stereocenters. The summed E-state index contributed by atoms with van der Waals surface area (Å²) in [6.07, 6.45) is 7.12. The van der Waals surface area contributed by atoms with Crippen molar-refractivity contribution in [1.82, 2.24) is 15.5 Å². The number of amides is 2. The maximum absolute atomic E-state index is 12.0. The first kappa shape index (κ1) is 15.3. The van der Waals surface area contributed by atoms with Crippen LogP contribution in [0.15, 0.2) is 12.7 Å². The molecule has 3 N–H and O–H groups in total. The highest BCUT2D eigenvalue weighted by atomic mass is 16.3. The lowest BCUT2D eigenvalue weighted by Crippen LogP contribution is -2.50. The van der Waals surface area contributed by atoms with E-state index in [0.717, 1.165) is 58.2 Å². The lowest BCUT2D eigenvalue weighted by Gasteiger charge is -2.32. The Hall–Kier alpha value is -1.07. The normalized spacial score (nSPS) is 28.9. The summed E-state index contributed by atoms with van der Waals surface area (Å²) in [5.74, 6) is 0. The van der Waals surface area contributed by atoms with Crippen LogP contribution >= 0.6 is 0 Å². The molecule has 0 aromatic heterocycles. The van der Waals surface area contributed by atoms with E-state index in [1.165, 1.54) is 0 Å². The molecule has 20 heavy (non-hydrogen) atoms. The van der Waals surface area contributed by atoms with E-state index >= 15 is 0 Å². The molecule has 1 aliphatic heterocycles. The fourth-order valence-electron chi connectivity index (χ4n) is 3.08. The van der Waals surface area contributed by atoms with Crippen LogP contribution in [-0.2, 0) is 0 Å². The molecule has 1 aliphatic carbocycles. The van der Waals surface area contributed by atoms with Gasteiger partial charge in [0.2, 0.25) is 0 Å². The third-order valence-corrected chi connectivity index (χ3v) is 4.34. The summed E-state index contributed by atoms with van der Waals surface area (Å²) in [4.78, 5) is 14.3. The molecule has 5 heteroatoms. The number of hydrogen-bond donors (Lipinski definition) is 3. The zero-order valence-corrected chi connectivity index (χ0v) is 12.2. The molecular weight excluding hydrogens is 254 g/mol. The standard InChI is InChI=1S/C15H27N3O2/c1-2-9-18-10-7-13(8-11-18)17-15(20)16-12-3-5-14(19)6-4-12/h2,12-14,19H,1,3-11H2,(H2,16,17,20). The summed E-state index contributed by atoms with van der Waals surface area (Å²) >= 11 is 0. The Morgan fingerprint density at radius 3 is 2.20 bits per heavy atom. The summed E-state index contributed by atoms with van der Waals surface area (Å²) in [5.41, 5.74) is 0. The minimum absolute atomic E-state index is 0.0476. The lowest BCUT2D eigenvalue weighted by molar-refractivity contribution is 0.117. The Labute approximate surface area is 121 Å². The first-order chi connectivity index (χ1) is 9.67. The molecule has 2 aliphatic rings. The minimum Gasteiger partial charge on any atom is -0.393 e. The smallest absolute Gasteiger partial charge is 0.315 e. The van der Waals surface area contributed by atoms with Crippen molar-refractivity contribution in [1.29, 1.82) is 0 Å². The molecule has 0 radical (unpaired) electrons. The van der Waals surface area contributed by atoms with Crippen molar-refractivity contribution in [3.8, 4) is 0 Å². The van der Waals surface area contributed by atoms with Gasteiger partial charge >= 0.3 is 6.03 Å². The Kier molecular flexibility index (Phi) is 5.86. The lowest BCUT2D eigenvalue weighted by atomic mass is 9.93. The third kappa shape index (κ3) is 4.80. The van der Waals surface area contributed by atoms with E-state index in [0.29, 0.717) is 0 Å². The Balaban J connectivity index is 1.64. The third-order valence-electron chi connectivity index (χ3n) is 4.34. The highest BCUT2D eigenvalue weighted by molar-refractivity contribution is 5.74. The second kappa shape index (κ2) is 7.64. The fourth-order valence-corrected chi connectivity index (χ4v) is 3.08. The molecule has 1 heterocycles. The first-order valence-electron chi connectivity index (χ1n) is 7.75. The van der Waals surface area contributed by atoms with Gasteiger partial charge in [-0.3, -0.25) is 4.90 Å². The van der Waals surface area contributed by atoms with Gasteiger partial charge in [-0.25, -0.2) is 4.79 Å². The SMILES string of the molecule is C=CCN1CCC(NC(=O)NC2CCC(O)CC2)CC1. The van der Waals surface area contributed by atoms with E-state index in [2.05, 4.69) is 22.1 Å². The quantitative estimate of drug-likeness (QED) is 0.679. The summed E-state index contributed by atoms with van der Waals surface area (Å²) < 4.78 is 0. The molecule has 0 aromatic rings. The average Bonchev–Trinajstić information content (AvgIpc) is 2.44. The van der Waals surface area contributed by atoms with Crippen molar-refractivity contribution in [2.75, 3.05) is 19.6 Å². The van der Waals surface area contributed by atoms with Crippen LogP contribution in [0.2, 0.25) is 0 Å². The monoisotopic (exact) mass is 281 g/mol. The van der Waals surface area contributed by atoms with Crippen LogP contribution in [0.3, 0.4) is 0 Å². The predicted octanol–water partition coefficient (Wildman–Crippen LogP) is 1.24. The zero-order chi connectivity index (χ0) is 14.4. The molecule has 5 nitrogen and oxygen atoms in total. The maximum Gasteiger partial charge on any atom is 0.315 e. The summed E-state index contributed by atoms with van der Waals surface area (Å²) in [6.45, 7) is 6.73. The van der Waals surface area contributed by atoms with Crippen LogP contribution in [0, 0.1) is 0 Å². The number of hydrogen-bond acceptors (Lipinski definition) is 3. The number of likely N-dealkylation sites (tertiary alicyclic amines) is 1. The average molecular weight is 281 g/mol. The van der Waals surface area contributed by atoms with Crippen LogP contribution in [-0.4, -0.2) is 53.9 Å². The molecule has 2 fully saturated rings. The Bertz CT molecular complexity index is 319. The van der Waals surface area contributed by atoms with Crippen molar-refractivity contribution in [2.24, 2.45) is 0 Å². The van der Waals surface area contributed by atoms with Crippen LogP contribution in [0.4, 0.5) is 4.79 Å². The molecule has 0 bridgehead atoms. The first-order valence-corrected chi connectivity index (χ1v) is 7.75. The highest BCUT2D eigenvalue weighted by Gasteiger charge is 2.23. The molecule has 0 aromatic carbocycles. The molecule has 114 valence electrons. The molecule has 1 saturated heterocycles. The van der Waals surface area contributed by atoms with E-state index in [-0.39, 0.29) is 24.2 Å². The van der Waals surface area contributed by atoms with Crippen LogP contribution < -0.4 is 10.6 Å². The van der Waals surface area contributed by atoms with Gasteiger partial charge in [-0.1, -0.05) is 6.08 Å². The maximum atomic E-state index is 12.0. The molecule has 0 spiro atoms. The number of aliphatic hydroxyl groups is 1. The minimum atomic E-state index is -0.176. The largest absolute Gasteiger partial charge is 0.393 e.